The summed E-state index contributed by atoms with van der Waals surface area (Å²) in [5, 5.41) is 9.49. The van der Waals surface area contributed by atoms with Gasteiger partial charge in [0, 0.05) is 36.9 Å². The van der Waals surface area contributed by atoms with Gasteiger partial charge in [-0.25, -0.2) is 0 Å². The Morgan fingerprint density at radius 3 is 2.44 bits per heavy atom. The van der Waals surface area contributed by atoms with E-state index in [9.17, 15) is 4.79 Å². The first-order valence-corrected chi connectivity index (χ1v) is 6.23. The minimum Gasteiger partial charge on any atom is -0.384 e. The SMILES string of the molecule is CC(=O)Nc1cccc(NCCNC(C)(C)C)c1. The molecule has 0 fully saturated rings. The summed E-state index contributed by atoms with van der Waals surface area (Å²) in [5.41, 5.74) is 1.97. The predicted molar refractivity (Wildman–Crippen MR) is 77.0 cm³/mol. The van der Waals surface area contributed by atoms with E-state index in [0.29, 0.717) is 0 Å². The lowest BCUT2D eigenvalue weighted by Gasteiger charge is -2.20. The third-order valence-corrected chi connectivity index (χ3v) is 2.29. The molecule has 0 spiro atoms. The molecule has 0 radical (unpaired) electrons. The van der Waals surface area contributed by atoms with E-state index in [1.165, 1.54) is 6.92 Å². The molecule has 0 saturated carbocycles. The predicted octanol–water partition coefficient (Wildman–Crippen LogP) is 2.45. The van der Waals surface area contributed by atoms with Gasteiger partial charge in [-0.15, -0.1) is 0 Å². The minimum absolute atomic E-state index is 0.0541. The van der Waals surface area contributed by atoms with Crippen molar-refractivity contribution >= 4 is 17.3 Å². The molecule has 0 saturated heterocycles. The second-order valence-electron chi connectivity index (χ2n) is 5.37. The lowest BCUT2D eigenvalue weighted by Crippen LogP contribution is -2.38. The topological polar surface area (TPSA) is 53.2 Å². The first kappa shape index (κ1) is 14.5. The van der Waals surface area contributed by atoms with Crippen LogP contribution >= 0.6 is 0 Å². The highest BCUT2D eigenvalue weighted by Crippen LogP contribution is 2.14. The van der Waals surface area contributed by atoms with Crippen molar-refractivity contribution in [1.82, 2.24) is 5.32 Å². The largest absolute Gasteiger partial charge is 0.384 e. The molecule has 3 N–H and O–H groups in total. The van der Waals surface area contributed by atoms with Gasteiger partial charge in [0.25, 0.3) is 0 Å². The summed E-state index contributed by atoms with van der Waals surface area (Å²) in [5.74, 6) is -0.0541. The van der Waals surface area contributed by atoms with Crippen molar-refractivity contribution in [3.8, 4) is 0 Å². The molecule has 1 rings (SSSR count). The summed E-state index contributed by atoms with van der Waals surface area (Å²) < 4.78 is 0. The molecule has 0 unspecified atom stereocenters. The quantitative estimate of drug-likeness (QED) is 0.703. The Morgan fingerprint density at radius 1 is 1.17 bits per heavy atom. The van der Waals surface area contributed by atoms with Gasteiger partial charge >= 0.3 is 0 Å². The molecule has 0 bridgehead atoms. The minimum atomic E-state index is -0.0541. The zero-order valence-electron chi connectivity index (χ0n) is 11.6. The van der Waals surface area contributed by atoms with Gasteiger partial charge in [0.1, 0.15) is 0 Å². The first-order chi connectivity index (χ1) is 8.37. The van der Waals surface area contributed by atoms with Crippen LogP contribution in [0.4, 0.5) is 11.4 Å². The van der Waals surface area contributed by atoms with Crippen LogP contribution in [0.5, 0.6) is 0 Å². The Balaban J connectivity index is 2.40. The Morgan fingerprint density at radius 2 is 1.83 bits per heavy atom. The van der Waals surface area contributed by atoms with Gasteiger partial charge in [0.15, 0.2) is 0 Å². The molecule has 18 heavy (non-hydrogen) atoms. The number of rotatable bonds is 5. The fraction of sp³-hybridized carbons (Fsp3) is 0.500. The monoisotopic (exact) mass is 249 g/mol. The molecule has 0 aromatic heterocycles. The third-order valence-electron chi connectivity index (χ3n) is 2.29. The van der Waals surface area contributed by atoms with Crippen molar-refractivity contribution in [2.75, 3.05) is 23.7 Å². The lowest BCUT2D eigenvalue weighted by atomic mass is 10.1. The first-order valence-electron chi connectivity index (χ1n) is 6.23. The molecule has 0 atom stereocenters. The highest BCUT2D eigenvalue weighted by atomic mass is 16.1. The van der Waals surface area contributed by atoms with Crippen LogP contribution in [0.15, 0.2) is 24.3 Å². The van der Waals surface area contributed by atoms with Crippen LogP contribution in [-0.4, -0.2) is 24.5 Å². The van der Waals surface area contributed by atoms with Gasteiger partial charge in [-0.2, -0.15) is 0 Å². The number of amides is 1. The van der Waals surface area contributed by atoms with Crippen molar-refractivity contribution in [2.24, 2.45) is 0 Å². The maximum atomic E-state index is 11.0. The van der Waals surface area contributed by atoms with Gasteiger partial charge in [0.2, 0.25) is 5.91 Å². The van der Waals surface area contributed by atoms with Crippen LogP contribution in [0.1, 0.15) is 27.7 Å². The highest BCUT2D eigenvalue weighted by molar-refractivity contribution is 5.89. The Hall–Kier alpha value is -1.55. The van der Waals surface area contributed by atoms with E-state index in [-0.39, 0.29) is 11.4 Å². The number of carbonyl (C=O) groups is 1. The van der Waals surface area contributed by atoms with E-state index in [2.05, 4.69) is 36.7 Å². The molecule has 4 heteroatoms. The van der Waals surface area contributed by atoms with Gasteiger partial charge in [0.05, 0.1) is 0 Å². The summed E-state index contributed by atoms with van der Waals surface area (Å²) in [6, 6.07) is 7.71. The van der Waals surface area contributed by atoms with Crippen LogP contribution in [0, 0.1) is 0 Å². The van der Waals surface area contributed by atoms with E-state index in [1.54, 1.807) is 0 Å². The summed E-state index contributed by atoms with van der Waals surface area (Å²) in [6.07, 6.45) is 0. The van der Waals surface area contributed by atoms with Crippen molar-refractivity contribution in [2.45, 2.75) is 33.2 Å². The van der Waals surface area contributed by atoms with Gasteiger partial charge in [-0.1, -0.05) is 6.07 Å². The molecule has 1 aromatic carbocycles. The van der Waals surface area contributed by atoms with E-state index in [0.717, 1.165) is 24.5 Å². The van der Waals surface area contributed by atoms with E-state index >= 15 is 0 Å². The molecule has 0 aliphatic rings. The zero-order chi connectivity index (χ0) is 13.6. The smallest absolute Gasteiger partial charge is 0.221 e. The second-order valence-corrected chi connectivity index (χ2v) is 5.37. The fourth-order valence-electron chi connectivity index (χ4n) is 1.55. The van der Waals surface area contributed by atoms with E-state index in [1.807, 2.05) is 24.3 Å². The highest BCUT2D eigenvalue weighted by Gasteiger charge is 2.06. The molecule has 0 aliphatic heterocycles. The molecule has 100 valence electrons. The normalized spacial score (nSPS) is 11.1. The van der Waals surface area contributed by atoms with Crippen LogP contribution < -0.4 is 16.0 Å². The summed E-state index contributed by atoms with van der Waals surface area (Å²) >= 11 is 0. The van der Waals surface area contributed by atoms with Crippen LogP contribution in [0.2, 0.25) is 0 Å². The average Bonchev–Trinajstić information content (AvgIpc) is 2.23. The van der Waals surface area contributed by atoms with Crippen molar-refractivity contribution in [3.63, 3.8) is 0 Å². The van der Waals surface area contributed by atoms with Gasteiger partial charge in [-0.05, 0) is 39.0 Å². The van der Waals surface area contributed by atoms with Crippen LogP contribution in [0.25, 0.3) is 0 Å². The van der Waals surface area contributed by atoms with Crippen molar-refractivity contribution in [3.05, 3.63) is 24.3 Å². The molecule has 1 aromatic rings. The standard InChI is InChI=1S/C14H23N3O/c1-11(18)17-13-7-5-6-12(10-13)15-8-9-16-14(2,3)4/h5-7,10,15-16H,8-9H2,1-4H3,(H,17,18). The maximum Gasteiger partial charge on any atom is 0.221 e. The van der Waals surface area contributed by atoms with E-state index in [4.69, 9.17) is 0 Å². The van der Waals surface area contributed by atoms with Crippen molar-refractivity contribution < 1.29 is 4.79 Å². The summed E-state index contributed by atoms with van der Waals surface area (Å²) in [4.78, 5) is 11.0. The summed E-state index contributed by atoms with van der Waals surface area (Å²) in [6.45, 7) is 9.68. The number of hydrogen-bond donors (Lipinski definition) is 3. The molecular formula is C14H23N3O. The number of nitrogens with one attached hydrogen (secondary N) is 3. The molecule has 0 heterocycles. The second kappa shape index (κ2) is 6.40. The Labute approximate surface area is 109 Å². The van der Waals surface area contributed by atoms with Crippen molar-refractivity contribution in [1.29, 1.82) is 0 Å². The average molecular weight is 249 g/mol. The maximum absolute atomic E-state index is 11.0. The lowest BCUT2D eigenvalue weighted by molar-refractivity contribution is -0.114. The number of carbonyl (C=O) groups excluding carboxylic acids is 1. The number of hydrogen-bond acceptors (Lipinski definition) is 3. The zero-order valence-corrected chi connectivity index (χ0v) is 11.6. The molecule has 0 aliphatic carbocycles. The Bertz CT molecular complexity index is 396. The Kier molecular flexibility index (Phi) is 5.16. The molecule has 1 amide bonds. The summed E-state index contributed by atoms with van der Waals surface area (Å²) in [7, 11) is 0. The number of anilines is 2. The van der Waals surface area contributed by atoms with Gasteiger partial charge < -0.3 is 16.0 Å². The van der Waals surface area contributed by atoms with E-state index < -0.39 is 0 Å². The van der Waals surface area contributed by atoms with Gasteiger partial charge in [-0.3, -0.25) is 4.79 Å². The number of benzene rings is 1. The molecule has 4 nitrogen and oxygen atoms in total. The third kappa shape index (κ3) is 6.25. The van der Waals surface area contributed by atoms with Crippen LogP contribution in [0.3, 0.4) is 0 Å². The molecular weight excluding hydrogens is 226 g/mol. The fourth-order valence-corrected chi connectivity index (χ4v) is 1.55. The van der Waals surface area contributed by atoms with Crippen LogP contribution in [-0.2, 0) is 4.79 Å².